The van der Waals surface area contributed by atoms with Crippen LogP contribution in [0, 0.1) is 23.7 Å². The monoisotopic (exact) mass is 262 g/mol. The molecule has 104 valence electrons. The number of hydrogen-bond donors (Lipinski definition) is 1. The maximum atomic E-state index is 12.2. The molecule has 3 aliphatic carbocycles. The molecule has 0 saturated heterocycles. The highest BCUT2D eigenvalue weighted by Gasteiger charge is 2.59. The number of fused-ring (bicyclic) bond motifs is 5. The van der Waals surface area contributed by atoms with Gasteiger partial charge in [-0.15, -0.1) is 0 Å². The maximum Gasteiger partial charge on any atom is 0.389 e. The first kappa shape index (κ1) is 12.8. The van der Waals surface area contributed by atoms with Gasteiger partial charge in [0.1, 0.15) is 0 Å². The second-order valence-electron chi connectivity index (χ2n) is 6.64. The van der Waals surface area contributed by atoms with Crippen molar-refractivity contribution in [2.24, 2.45) is 23.7 Å². The van der Waals surface area contributed by atoms with E-state index in [9.17, 15) is 18.3 Å². The zero-order valence-corrected chi connectivity index (χ0v) is 10.5. The molecule has 3 aliphatic rings. The number of rotatable bonds is 3. The SMILES string of the molecule is OC1(CCCC(F)(F)F)CC2CC1C1CCCC21. The van der Waals surface area contributed by atoms with E-state index in [1.807, 2.05) is 0 Å². The molecule has 0 amide bonds. The van der Waals surface area contributed by atoms with Gasteiger partial charge in [0, 0.05) is 6.42 Å². The Morgan fingerprint density at radius 2 is 1.89 bits per heavy atom. The van der Waals surface area contributed by atoms with Gasteiger partial charge in [0.2, 0.25) is 0 Å². The Bertz CT molecular complexity index is 327. The van der Waals surface area contributed by atoms with Gasteiger partial charge in [-0.3, -0.25) is 0 Å². The van der Waals surface area contributed by atoms with Crippen molar-refractivity contribution in [3.05, 3.63) is 0 Å². The predicted octanol–water partition coefficient (Wildman–Crippen LogP) is 3.91. The van der Waals surface area contributed by atoms with Crippen LogP contribution in [0.2, 0.25) is 0 Å². The second kappa shape index (κ2) is 4.12. The first-order valence-electron chi connectivity index (χ1n) is 7.18. The van der Waals surface area contributed by atoms with E-state index in [1.54, 1.807) is 0 Å². The summed E-state index contributed by atoms with van der Waals surface area (Å²) < 4.78 is 36.5. The average Bonchev–Trinajstić information content (AvgIpc) is 2.84. The van der Waals surface area contributed by atoms with E-state index in [4.69, 9.17) is 0 Å². The molecule has 4 heteroatoms. The van der Waals surface area contributed by atoms with Gasteiger partial charge < -0.3 is 5.11 Å². The predicted molar refractivity (Wildman–Crippen MR) is 61.9 cm³/mol. The molecule has 0 aromatic heterocycles. The van der Waals surface area contributed by atoms with E-state index in [0.717, 1.165) is 18.8 Å². The van der Waals surface area contributed by atoms with E-state index in [2.05, 4.69) is 0 Å². The lowest BCUT2D eigenvalue weighted by Gasteiger charge is -2.39. The average molecular weight is 262 g/mol. The van der Waals surface area contributed by atoms with Gasteiger partial charge in [0.05, 0.1) is 5.60 Å². The van der Waals surface area contributed by atoms with E-state index in [1.165, 1.54) is 19.3 Å². The largest absolute Gasteiger partial charge is 0.390 e. The van der Waals surface area contributed by atoms with Crippen LogP contribution in [0.25, 0.3) is 0 Å². The summed E-state index contributed by atoms with van der Waals surface area (Å²) in [5.41, 5.74) is -0.776. The minimum absolute atomic E-state index is 0.0839. The molecule has 0 radical (unpaired) electrons. The van der Waals surface area contributed by atoms with Crippen molar-refractivity contribution >= 4 is 0 Å². The maximum absolute atomic E-state index is 12.2. The normalized spacial score (nSPS) is 46.7. The summed E-state index contributed by atoms with van der Waals surface area (Å²) in [6.45, 7) is 0. The Morgan fingerprint density at radius 1 is 1.17 bits per heavy atom. The summed E-state index contributed by atoms with van der Waals surface area (Å²) in [7, 11) is 0. The lowest BCUT2D eigenvalue weighted by Crippen LogP contribution is -2.41. The Balaban J connectivity index is 1.60. The highest BCUT2D eigenvalue weighted by Crippen LogP contribution is 2.63. The third-order valence-electron chi connectivity index (χ3n) is 5.68. The standard InChI is InChI=1S/C14H21F3O/c15-14(16,17)6-2-5-13(18)8-9-7-12(13)11-4-1-3-10(9)11/h9-12,18H,1-8H2. The van der Waals surface area contributed by atoms with Gasteiger partial charge in [0.25, 0.3) is 0 Å². The Morgan fingerprint density at radius 3 is 2.61 bits per heavy atom. The molecule has 1 nitrogen and oxygen atoms in total. The third-order valence-corrected chi connectivity index (χ3v) is 5.68. The lowest BCUT2D eigenvalue weighted by molar-refractivity contribution is -0.140. The smallest absolute Gasteiger partial charge is 0.389 e. The molecule has 5 atom stereocenters. The molecule has 2 bridgehead atoms. The van der Waals surface area contributed by atoms with Gasteiger partial charge in [-0.25, -0.2) is 0 Å². The minimum Gasteiger partial charge on any atom is -0.390 e. The van der Waals surface area contributed by atoms with Crippen LogP contribution in [0.1, 0.15) is 51.4 Å². The molecule has 3 fully saturated rings. The molecular formula is C14H21F3O. The minimum atomic E-state index is -4.08. The quantitative estimate of drug-likeness (QED) is 0.817. The molecule has 0 aromatic carbocycles. The van der Waals surface area contributed by atoms with E-state index in [-0.39, 0.29) is 6.42 Å². The Hall–Kier alpha value is -0.250. The molecule has 0 aromatic rings. The van der Waals surface area contributed by atoms with Crippen LogP contribution in [0.15, 0.2) is 0 Å². The van der Waals surface area contributed by atoms with Crippen molar-refractivity contribution < 1.29 is 18.3 Å². The summed E-state index contributed by atoms with van der Waals surface area (Å²) in [5.74, 6) is 2.28. The molecule has 5 unspecified atom stereocenters. The van der Waals surface area contributed by atoms with Crippen LogP contribution in [-0.2, 0) is 0 Å². The number of halogens is 3. The lowest BCUT2D eigenvalue weighted by atomic mass is 9.71. The van der Waals surface area contributed by atoms with E-state index < -0.39 is 18.2 Å². The molecule has 0 heterocycles. The summed E-state index contributed by atoms with van der Waals surface area (Å²) in [6, 6.07) is 0. The highest BCUT2D eigenvalue weighted by atomic mass is 19.4. The fourth-order valence-electron chi connectivity index (χ4n) is 5.12. The van der Waals surface area contributed by atoms with Gasteiger partial charge >= 0.3 is 6.18 Å². The van der Waals surface area contributed by atoms with Crippen LogP contribution in [0.4, 0.5) is 13.2 Å². The summed E-state index contributed by atoms with van der Waals surface area (Å²) in [6.07, 6.45) is 1.15. The number of hydrogen-bond acceptors (Lipinski definition) is 1. The van der Waals surface area contributed by atoms with Crippen LogP contribution in [0.5, 0.6) is 0 Å². The number of alkyl halides is 3. The van der Waals surface area contributed by atoms with Crippen LogP contribution >= 0.6 is 0 Å². The van der Waals surface area contributed by atoms with Crippen molar-refractivity contribution in [1.82, 2.24) is 0 Å². The van der Waals surface area contributed by atoms with Gasteiger partial charge in [-0.1, -0.05) is 6.42 Å². The molecule has 18 heavy (non-hydrogen) atoms. The van der Waals surface area contributed by atoms with Crippen molar-refractivity contribution in [2.75, 3.05) is 0 Å². The first-order valence-corrected chi connectivity index (χ1v) is 7.18. The van der Waals surface area contributed by atoms with Crippen LogP contribution in [-0.4, -0.2) is 16.9 Å². The molecular weight excluding hydrogens is 241 g/mol. The van der Waals surface area contributed by atoms with Crippen molar-refractivity contribution in [1.29, 1.82) is 0 Å². The van der Waals surface area contributed by atoms with Crippen molar-refractivity contribution in [2.45, 2.75) is 63.1 Å². The summed E-state index contributed by atoms with van der Waals surface area (Å²) in [4.78, 5) is 0. The molecule has 0 aliphatic heterocycles. The third kappa shape index (κ3) is 2.06. The fourth-order valence-corrected chi connectivity index (χ4v) is 5.12. The van der Waals surface area contributed by atoms with Gasteiger partial charge in [0.15, 0.2) is 0 Å². The Labute approximate surface area is 106 Å². The molecule has 1 N–H and O–H groups in total. The zero-order valence-electron chi connectivity index (χ0n) is 10.5. The van der Waals surface area contributed by atoms with E-state index in [0.29, 0.717) is 24.2 Å². The molecule has 0 spiro atoms. The van der Waals surface area contributed by atoms with E-state index >= 15 is 0 Å². The summed E-state index contributed by atoms with van der Waals surface area (Å²) in [5, 5.41) is 10.7. The van der Waals surface area contributed by atoms with Crippen LogP contribution in [0.3, 0.4) is 0 Å². The first-order chi connectivity index (χ1) is 8.39. The fraction of sp³-hybridized carbons (Fsp3) is 1.00. The molecule has 3 rings (SSSR count). The van der Waals surface area contributed by atoms with Gasteiger partial charge in [-0.05, 0) is 62.2 Å². The highest BCUT2D eigenvalue weighted by molar-refractivity contribution is 5.09. The number of aliphatic hydroxyl groups is 1. The second-order valence-corrected chi connectivity index (χ2v) is 6.64. The zero-order chi connectivity index (χ0) is 13.0. The van der Waals surface area contributed by atoms with Crippen molar-refractivity contribution in [3.63, 3.8) is 0 Å². The Kier molecular flexibility index (Phi) is 2.92. The van der Waals surface area contributed by atoms with Crippen LogP contribution < -0.4 is 0 Å². The summed E-state index contributed by atoms with van der Waals surface area (Å²) >= 11 is 0. The molecule has 3 saturated carbocycles. The topological polar surface area (TPSA) is 20.2 Å². The van der Waals surface area contributed by atoms with Gasteiger partial charge in [-0.2, -0.15) is 13.2 Å². The van der Waals surface area contributed by atoms with Crippen molar-refractivity contribution in [3.8, 4) is 0 Å².